The van der Waals surface area contributed by atoms with Gasteiger partial charge in [0.1, 0.15) is 5.69 Å². The van der Waals surface area contributed by atoms with Crippen molar-refractivity contribution in [1.82, 2.24) is 24.2 Å². The zero-order chi connectivity index (χ0) is 22.2. The molecule has 0 radical (unpaired) electrons. The van der Waals surface area contributed by atoms with E-state index in [9.17, 15) is 21.6 Å². The number of halogens is 3. The summed E-state index contributed by atoms with van der Waals surface area (Å²) in [5.74, 6) is -2.64. The number of sulfonamides is 1. The van der Waals surface area contributed by atoms with Gasteiger partial charge in [0.15, 0.2) is 0 Å². The Morgan fingerprint density at radius 3 is 2.45 bits per heavy atom. The number of likely N-dealkylation sites (N-methyl/N-ethyl adjacent to an activating group) is 1. The lowest BCUT2D eigenvalue weighted by Gasteiger charge is -2.18. The van der Waals surface area contributed by atoms with Crippen molar-refractivity contribution in [3.63, 3.8) is 0 Å². The molecule has 2 rings (SSSR count). The van der Waals surface area contributed by atoms with Gasteiger partial charge in [0, 0.05) is 19.6 Å². The third kappa shape index (κ3) is 8.24. The van der Waals surface area contributed by atoms with Gasteiger partial charge < -0.3 is 14.7 Å². The first-order valence-electron chi connectivity index (χ1n) is 8.80. The van der Waals surface area contributed by atoms with E-state index in [0.717, 1.165) is 24.4 Å². The van der Waals surface area contributed by atoms with E-state index in [1.54, 1.807) is 11.6 Å². The Morgan fingerprint density at radius 1 is 1.31 bits per heavy atom. The lowest BCUT2D eigenvalue weighted by atomic mass is 10.3. The standard InChI is InChI=1S/C13H25N5O3S.C2HF3O2/c1-4-22(19,20)17-6-5-7-18-13(10-17)12(14-15-18)11-21-9-8-16(2)3;3-2(4,5)1(6)7/h4-11H2,1-3H3;(H,6,7). The Hall–Kier alpha value is -1.77. The van der Waals surface area contributed by atoms with Crippen LogP contribution in [0.4, 0.5) is 13.2 Å². The van der Waals surface area contributed by atoms with Gasteiger partial charge in [-0.25, -0.2) is 17.9 Å². The highest BCUT2D eigenvalue weighted by Gasteiger charge is 2.38. The highest BCUT2D eigenvalue weighted by Crippen LogP contribution is 2.18. The van der Waals surface area contributed by atoms with Crippen molar-refractivity contribution in [2.24, 2.45) is 0 Å². The van der Waals surface area contributed by atoms with Crippen molar-refractivity contribution < 1.29 is 36.2 Å². The molecule has 0 unspecified atom stereocenters. The van der Waals surface area contributed by atoms with Crippen LogP contribution in [0.5, 0.6) is 0 Å². The van der Waals surface area contributed by atoms with E-state index in [1.165, 1.54) is 4.31 Å². The molecule has 14 heteroatoms. The van der Waals surface area contributed by atoms with E-state index in [-0.39, 0.29) is 5.75 Å². The zero-order valence-corrected chi connectivity index (χ0v) is 17.3. The van der Waals surface area contributed by atoms with Crippen molar-refractivity contribution in [2.45, 2.75) is 39.2 Å². The van der Waals surface area contributed by atoms with Gasteiger partial charge in [0.2, 0.25) is 10.0 Å². The van der Waals surface area contributed by atoms with Gasteiger partial charge in [-0.15, -0.1) is 5.10 Å². The van der Waals surface area contributed by atoms with E-state index in [4.69, 9.17) is 14.6 Å². The third-order valence-corrected chi connectivity index (χ3v) is 5.77. The molecule has 168 valence electrons. The van der Waals surface area contributed by atoms with E-state index in [0.29, 0.717) is 32.8 Å². The van der Waals surface area contributed by atoms with Crippen LogP contribution >= 0.6 is 0 Å². The molecule has 0 fully saturated rings. The largest absolute Gasteiger partial charge is 0.490 e. The zero-order valence-electron chi connectivity index (χ0n) is 16.5. The number of aliphatic carboxylic acids is 1. The normalized spacial score (nSPS) is 15.4. The minimum Gasteiger partial charge on any atom is -0.475 e. The predicted octanol–water partition coefficient (Wildman–Crippen LogP) is 0.545. The average Bonchev–Trinajstić information content (AvgIpc) is 2.85. The maximum Gasteiger partial charge on any atom is 0.490 e. The Bertz CT molecular complexity index is 767. The first-order valence-corrected chi connectivity index (χ1v) is 10.4. The molecule has 0 amide bonds. The van der Waals surface area contributed by atoms with Crippen LogP contribution in [0.2, 0.25) is 0 Å². The van der Waals surface area contributed by atoms with Crippen molar-refractivity contribution in [1.29, 1.82) is 0 Å². The number of carbonyl (C=O) groups is 1. The molecular formula is C15H26F3N5O5S. The summed E-state index contributed by atoms with van der Waals surface area (Å²) in [5.41, 5.74) is 1.58. The van der Waals surface area contributed by atoms with E-state index in [1.807, 2.05) is 19.0 Å². The van der Waals surface area contributed by atoms with E-state index >= 15 is 0 Å². The second-order valence-corrected chi connectivity index (χ2v) is 8.71. The maximum absolute atomic E-state index is 12.1. The molecule has 0 saturated heterocycles. The van der Waals surface area contributed by atoms with E-state index in [2.05, 4.69) is 10.3 Å². The first-order chi connectivity index (χ1) is 13.4. The van der Waals surface area contributed by atoms with Crippen LogP contribution < -0.4 is 0 Å². The highest BCUT2D eigenvalue weighted by atomic mass is 32.2. The molecule has 0 bridgehead atoms. The fraction of sp³-hybridized carbons (Fsp3) is 0.800. The minimum atomic E-state index is -5.08. The van der Waals surface area contributed by atoms with Gasteiger partial charge in [0.25, 0.3) is 0 Å². The number of rotatable bonds is 7. The number of ether oxygens (including phenoxy) is 1. The monoisotopic (exact) mass is 445 g/mol. The quantitative estimate of drug-likeness (QED) is 0.605. The summed E-state index contributed by atoms with van der Waals surface area (Å²) in [7, 11) is 0.773. The summed E-state index contributed by atoms with van der Waals surface area (Å²) in [5, 5.41) is 15.4. The second kappa shape index (κ2) is 10.8. The number of aromatic nitrogens is 3. The van der Waals surface area contributed by atoms with Gasteiger partial charge in [-0.05, 0) is 27.4 Å². The van der Waals surface area contributed by atoms with Crippen LogP contribution in [-0.4, -0.2) is 89.4 Å². The molecule has 0 spiro atoms. The molecule has 0 aromatic carbocycles. The Labute approximate surface area is 167 Å². The molecule has 1 aliphatic rings. The number of aryl methyl sites for hydroxylation is 1. The summed E-state index contributed by atoms with van der Waals surface area (Å²) >= 11 is 0. The van der Waals surface area contributed by atoms with Crippen LogP contribution in [-0.2, 0) is 39.3 Å². The summed E-state index contributed by atoms with van der Waals surface area (Å²) in [4.78, 5) is 10.9. The second-order valence-electron chi connectivity index (χ2n) is 6.45. The Kier molecular flexibility index (Phi) is 9.45. The number of fused-ring (bicyclic) bond motifs is 1. The molecule has 1 N–H and O–H groups in total. The fourth-order valence-corrected chi connectivity index (χ4v) is 3.40. The topological polar surface area (TPSA) is 118 Å². The SMILES string of the molecule is CCS(=O)(=O)N1CCCn2nnc(COCCN(C)C)c2C1.O=C(O)C(F)(F)F. The van der Waals surface area contributed by atoms with Crippen LogP contribution in [0.25, 0.3) is 0 Å². The summed E-state index contributed by atoms with van der Waals surface area (Å²) in [6.45, 7) is 5.02. The molecule has 0 aliphatic carbocycles. The number of nitrogens with zero attached hydrogens (tertiary/aromatic N) is 5. The molecule has 1 aliphatic heterocycles. The molecule has 29 heavy (non-hydrogen) atoms. The van der Waals surface area contributed by atoms with Crippen molar-refractivity contribution >= 4 is 16.0 Å². The number of carboxylic acid groups (broad SMARTS) is 1. The Balaban J connectivity index is 0.000000516. The average molecular weight is 445 g/mol. The molecule has 2 heterocycles. The summed E-state index contributed by atoms with van der Waals surface area (Å²) in [6.07, 6.45) is -4.34. The van der Waals surface area contributed by atoms with Gasteiger partial charge >= 0.3 is 12.1 Å². The van der Waals surface area contributed by atoms with Gasteiger partial charge in [0.05, 0.1) is 31.2 Å². The molecule has 1 aromatic rings. The lowest BCUT2D eigenvalue weighted by Crippen LogP contribution is -2.32. The molecule has 0 atom stereocenters. The summed E-state index contributed by atoms with van der Waals surface area (Å²) in [6, 6.07) is 0. The van der Waals surface area contributed by atoms with Gasteiger partial charge in [-0.1, -0.05) is 5.21 Å². The van der Waals surface area contributed by atoms with Crippen LogP contribution in [0.3, 0.4) is 0 Å². The molecule has 0 saturated carbocycles. The first kappa shape index (κ1) is 25.3. The van der Waals surface area contributed by atoms with Gasteiger partial charge in [-0.2, -0.15) is 17.5 Å². The predicted molar refractivity (Wildman–Crippen MR) is 96.4 cm³/mol. The van der Waals surface area contributed by atoms with E-state index < -0.39 is 22.2 Å². The number of carboxylic acids is 1. The molecular weight excluding hydrogens is 419 g/mol. The molecule has 1 aromatic heterocycles. The maximum atomic E-state index is 12.1. The van der Waals surface area contributed by atoms with Crippen molar-refractivity contribution in [3.8, 4) is 0 Å². The van der Waals surface area contributed by atoms with Crippen molar-refractivity contribution in [3.05, 3.63) is 11.4 Å². The lowest BCUT2D eigenvalue weighted by molar-refractivity contribution is -0.192. The van der Waals surface area contributed by atoms with Crippen LogP contribution in [0, 0.1) is 0 Å². The number of alkyl halides is 3. The Morgan fingerprint density at radius 2 is 1.93 bits per heavy atom. The van der Waals surface area contributed by atoms with Crippen molar-refractivity contribution in [2.75, 3.05) is 39.5 Å². The smallest absolute Gasteiger partial charge is 0.475 e. The van der Waals surface area contributed by atoms with Crippen LogP contribution in [0.1, 0.15) is 24.7 Å². The van der Waals surface area contributed by atoms with Gasteiger partial charge in [-0.3, -0.25) is 0 Å². The summed E-state index contributed by atoms with van der Waals surface area (Å²) < 4.78 is 64.9. The molecule has 10 nitrogen and oxygen atoms in total. The number of hydrogen-bond acceptors (Lipinski definition) is 7. The fourth-order valence-electron chi connectivity index (χ4n) is 2.31. The highest BCUT2D eigenvalue weighted by molar-refractivity contribution is 7.89. The number of hydrogen-bond donors (Lipinski definition) is 1. The van der Waals surface area contributed by atoms with Crippen LogP contribution in [0.15, 0.2) is 0 Å². The minimum absolute atomic E-state index is 0.114. The third-order valence-electron chi connectivity index (χ3n) is 3.94.